The first-order chi connectivity index (χ1) is 9.66. The van der Waals surface area contributed by atoms with Crippen LogP contribution in [-0.4, -0.2) is 20.2 Å². The molecule has 0 atom stereocenters. The summed E-state index contributed by atoms with van der Waals surface area (Å²) < 4.78 is 14.8. The lowest BCUT2D eigenvalue weighted by atomic mass is 10.1. The Morgan fingerprint density at radius 1 is 1.15 bits per heavy atom. The van der Waals surface area contributed by atoms with E-state index in [1.54, 1.807) is 18.2 Å². The van der Waals surface area contributed by atoms with Crippen molar-refractivity contribution in [3.63, 3.8) is 0 Å². The molecule has 0 radical (unpaired) electrons. The van der Waals surface area contributed by atoms with Gasteiger partial charge in [0.25, 0.3) is 0 Å². The van der Waals surface area contributed by atoms with Gasteiger partial charge in [-0.05, 0) is 47.2 Å². The van der Waals surface area contributed by atoms with Gasteiger partial charge in [0, 0.05) is 11.3 Å². The van der Waals surface area contributed by atoms with Crippen molar-refractivity contribution in [1.29, 1.82) is 0 Å². The minimum Gasteiger partial charge on any atom is -0.398 e. The number of aromatic nitrogens is 4. The molecule has 0 bridgehead atoms. The lowest BCUT2D eigenvalue weighted by molar-refractivity contribution is 0.625. The number of nitrogens with zero attached hydrogens (tertiary/aromatic N) is 4. The molecule has 2 N–H and O–H groups in total. The molecule has 3 aromatic rings. The maximum atomic E-state index is 13.3. The van der Waals surface area contributed by atoms with Gasteiger partial charge >= 0.3 is 0 Å². The number of halogens is 1. The standard InChI is InChI=1S/C14H12FN5/c1-9-4-2-7-12(16)13(9)14-17-18-19-20(14)11-6-3-5-10(15)8-11/h2-8H,16H2,1H3. The van der Waals surface area contributed by atoms with E-state index in [1.807, 2.05) is 19.1 Å². The van der Waals surface area contributed by atoms with Crippen molar-refractivity contribution in [2.24, 2.45) is 0 Å². The molecule has 0 aliphatic carbocycles. The van der Waals surface area contributed by atoms with Gasteiger partial charge in [0.15, 0.2) is 5.82 Å². The molecular weight excluding hydrogens is 257 g/mol. The van der Waals surface area contributed by atoms with E-state index in [0.717, 1.165) is 11.1 Å². The fourth-order valence-corrected chi connectivity index (χ4v) is 2.12. The molecule has 0 amide bonds. The largest absolute Gasteiger partial charge is 0.398 e. The van der Waals surface area contributed by atoms with Crippen LogP contribution in [0, 0.1) is 12.7 Å². The van der Waals surface area contributed by atoms with E-state index in [-0.39, 0.29) is 5.82 Å². The molecule has 20 heavy (non-hydrogen) atoms. The van der Waals surface area contributed by atoms with Crippen molar-refractivity contribution in [3.05, 3.63) is 53.8 Å². The number of rotatable bonds is 2. The van der Waals surface area contributed by atoms with Crippen LogP contribution < -0.4 is 5.73 Å². The van der Waals surface area contributed by atoms with Gasteiger partial charge in [-0.1, -0.05) is 18.2 Å². The summed E-state index contributed by atoms with van der Waals surface area (Å²) in [6.45, 7) is 1.93. The van der Waals surface area contributed by atoms with E-state index in [9.17, 15) is 4.39 Å². The third kappa shape index (κ3) is 2.01. The second-order valence-electron chi connectivity index (χ2n) is 4.43. The molecule has 0 aliphatic heterocycles. The molecule has 0 aliphatic rings. The molecule has 6 heteroatoms. The summed E-state index contributed by atoms with van der Waals surface area (Å²) >= 11 is 0. The van der Waals surface area contributed by atoms with Gasteiger partial charge < -0.3 is 5.73 Å². The maximum absolute atomic E-state index is 13.3. The van der Waals surface area contributed by atoms with Crippen molar-refractivity contribution in [1.82, 2.24) is 20.2 Å². The Balaban J connectivity index is 2.21. The minimum absolute atomic E-state index is 0.346. The van der Waals surface area contributed by atoms with Crippen LogP contribution in [0.15, 0.2) is 42.5 Å². The first-order valence-corrected chi connectivity index (χ1v) is 6.06. The average Bonchev–Trinajstić information content (AvgIpc) is 2.87. The number of aryl methyl sites for hydroxylation is 1. The highest BCUT2D eigenvalue weighted by molar-refractivity contribution is 5.75. The SMILES string of the molecule is Cc1cccc(N)c1-c1nnnn1-c1cccc(F)c1. The lowest BCUT2D eigenvalue weighted by Gasteiger charge is -2.09. The quantitative estimate of drug-likeness (QED) is 0.725. The molecule has 0 saturated carbocycles. The Morgan fingerprint density at radius 3 is 2.70 bits per heavy atom. The number of hydrogen-bond donors (Lipinski definition) is 1. The topological polar surface area (TPSA) is 69.6 Å². The second kappa shape index (κ2) is 4.73. The van der Waals surface area contributed by atoms with Crippen LogP contribution in [-0.2, 0) is 0 Å². The van der Waals surface area contributed by atoms with Gasteiger partial charge in [0.1, 0.15) is 5.82 Å². The molecule has 0 unspecified atom stereocenters. The number of nitrogen functional groups attached to an aromatic ring is 1. The normalized spacial score (nSPS) is 10.7. The van der Waals surface area contributed by atoms with Crippen LogP contribution in [0.1, 0.15) is 5.56 Å². The predicted molar refractivity (Wildman–Crippen MR) is 73.7 cm³/mol. The Hall–Kier alpha value is -2.76. The Kier molecular flexibility index (Phi) is 2.90. The van der Waals surface area contributed by atoms with Crippen molar-refractivity contribution >= 4 is 5.69 Å². The summed E-state index contributed by atoms with van der Waals surface area (Å²) in [6, 6.07) is 11.7. The number of anilines is 1. The van der Waals surface area contributed by atoms with Gasteiger partial charge in [-0.3, -0.25) is 0 Å². The van der Waals surface area contributed by atoms with Gasteiger partial charge in [-0.2, -0.15) is 4.68 Å². The highest BCUT2D eigenvalue weighted by atomic mass is 19.1. The number of nitrogens with two attached hydrogens (primary N) is 1. The van der Waals surface area contributed by atoms with E-state index in [1.165, 1.54) is 16.8 Å². The first kappa shape index (κ1) is 12.3. The molecule has 1 aromatic heterocycles. The number of benzene rings is 2. The fourth-order valence-electron chi connectivity index (χ4n) is 2.12. The van der Waals surface area contributed by atoms with E-state index < -0.39 is 0 Å². The molecule has 0 fully saturated rings. The molecule has 100 valence electrons. The van der Waals surface area contributed by atoms with Gasteiger partial charge in [-0.15, -0.1) is 5.10 Å². The van der Waals surface area contributed by atoms with E-state index in [2.05, 4.69) is 15.5 Å². The summed E-state index contributed by atoms with van der Waals surface area (Å²) in [7, 11) is 0. The number of hydrogen-bond acceptors (Lipinski definition) is 4. The summed E-state index contributed by atoms with van der Waals surface area (Å²) in [4.78, 5) is 0. The lowest BCUT2D eigenvalue weighted by Crippen LogP contribution is -2.03. The summed E-state index contributed by atoms with van der Waals surface area (Å²) in [5.74, 6) is 0.146. The van der Waals surface area contributed by atoms with E-state index in [4.69, 9.17) is 5.73 Å². The van der Waals surface area contributed by atoms with Crippen LogP contribution in [0.2, 0.25) is 0 Å². The predicted octanol–water partition coefficient (Wildman–Crippen LogP) is 2.36. The summed E-state index contributed by atoms with van der Waals surface area (Å²) in [5.41, 5.74) is 8.84. The first-order valence-electron chi connectivity index (χ1n) is 6.06. The van der Waals surface area contributed by atoms with Gasteiger partial charge in [-0.25, -0.2) is 4.39 Å². The van der Waals surface area contributed by atoms with Crippen LogP contribution in [0.3, 0.4) is 0 Å². The third-order valence-corrected chi connectivity index (χ3v) is 3.05. The number of tetrazole rings is 1. The van der Waals surface area contributed by atoms with Crippen LogP contribution in [0.5, 0.6) is 0 Å². The van der Waals surface area contributed by atoms with E-state index >= 15 is 0 Å². The van der Waals surface area contributed by atoms with Crippen molar-refractivity contribution < 1.29 is 4.39 Å². The molecule has 1 heterocycles. The van der Waals surface area contributed by atoms with E-state index in [0.29, 0.717) is 17.2 Å². The minimum atomic E-state index is -0.346. The second-order valence-corrected chi connectivity index (χ2v) is 4.43. The van der Waals surface area contributed by atoms with Crippen molar-refractivity contribution in [3.8, 4) is 17.1 Å². The third-order valence-electron chi connectivity index (χ3n) is 3.05. The molecule has 2 aromatic carbocycles. The van der Waals surface area contributed by atoms with Crippen LogP contribution in [0.4, 0.5) is 10.1 Å². The zero-order valence-electron chi connectivity index (χ0n) is 10.8. The fraction of sp³-hybridized carbons (Fsp3) is 0.0714. The summed E-state index contributed by atoms with van der Waals surface area (Å²) in [6.07, 6.45) is 0. The molecule has 3 rings (SSSR count). The van der Waals surface area contributed by atoms with Gasteiger partial charge in [0.05, 0.1) is 5.69 Å². The zero-order chi connectivity index (χ0) is 14.1. The van der Waals surface area contributed by atoms with Crippen LogP contribution >= 0.6 is 0 Å². The Bertz CT molecular complexity index is 746. The summed E-state index contributed by atoms with van der Waals surface area (Å²) in [5, 5.41) is 11.6. The smallest absolute Gasteiger partial charge is 0.189 e. The van der Waals surface area contributed by atoms with Crippen molar-refractivity contribution in [2.45, 2.75) is 6.92 Å². The Labute approximate surface area is 114 Å². The molecule has 5 nitrogen and oxygen atoms in total. The van der Waals surface area contributed by atoms with Crippen LogP contribution in [0.25, 0.3) is 17.1 Å². The monoisotopic (exact) mass is 269 g/mol. The van der Waals surface area contributed by atoms with Crippen molar-refractivity contribution in [2.75, 3.05) is 5.73 Å². The Morgan fingerprint density at radius 2 is 1.95 bits per heavy atom. The molecule has 0 spiro atoms. The molecular formula is C14H12FN5. The zero-order valence-corrected chi connectivity index (χ0v) is 10.8. The average molecular weight is 269 g/mol. The highest BCUT2D eigenvalue weighted by Gasteiger charge is 2.15. The maximum Gasteiger partial charge on any atom is 0.189 e. The van der Waals surface area contributed by atoms with Gasteiger partial charge in [0.2, 0.25) is 0 Å². The highest BCUT2D eigenvalue weighted by Crippen LogP contribution is 2.28. The molecule has 0 saturated heterocycles.